The Hall–Kier alpha value is -1.30. The lowest BCUT2D eigenvalue weighted by Gasteiger charge is -2.12. The summed E-state index contributed by atoms with van der Waals surface area (Å²) in [5.41, 5.74) is 4.92. The van der Waals surface area contributed by atoms with Gasteiger partial charge in [0.1, 0.15) is 5.38 Å². The quantitative estimate of drug-likeness (QED) is 0.583. The smallest absolute Gasteiger partial charge is 0.321 e. The minimum atomic E-state index is -0.790. The van der Waals surface area contributed by atoms with Crippen molar-refractivity contribution in [2.75, 3.05) is 0 Å². The van der Waals surface area contributed by atoms with E-state index in [1.807, 2.05) is 5.32 Å². The first kappa shape index (κ1) is 13.7. The number of primary amides is 1. The molecule has 0 aromatic rings. The monoisotopic (exact) mass is 235 g/mol. The molecule has 4 amide bonds. The lowest BCUT2D eigenvalue weighted by Crippen LogP contribution is -2.46. The molecule has 0 rings (SSSR count). The Morgan fingerprint density at radius 1 is 1.33 bits per heavy atom. The van der Waals surface area contributed by atoms with Crippen LogP contribution in [0.15, 0.2) is 0 Å². The van der Waals surface area contributed by atoms with E-state index in [0.29, 0.717) is 0 Å². The summed E-state index contributed by atoms with van der Waals surface area (Å²) < 4.78 is 0. The largest absolute Gasteiger partial charge is 0.370 e. The third-order valence-corrected chi connectivity index (χ3v) is 1.68. The van der Waals surface area contributed by atoms with Gasteiger partial charge >= 0.3 is 6.03 Å². The van der Waals surface area contributed by atoms with Crippen molar-refractivity contribution in [2.45, 2.75) is 31.7 Å². The van der Waals surface area contributed by atoms with E-state index in [1.54, 1.807) is 6.92 Å². The summed E-state index contributed by atoms with van der Waals surface area (Å²) in [5.74, 6) is -1.12. The van der Waals surface area contributed by atoms with E-state index < -0.39 is 29.3 Å². The summed E-state index contributed by atoms with van der Waals surface area (Å²) in [6.07, 6.45) is 0.0119. The van der Waals surface area contributed by atoms with Gasteiger partial charge in [0.15, 0.2) is 0 Å². The fourth-order valence-corrected chi connectivity index (χ4v) is 0.879. The van der Waals surface area contributed by atoms with E-state index in [-0.39, 0.29) is 6.42 Å². The van der Waals surface area contributed by atoms with Crippen molar-refractivity contribution in [1.82, 2.24) is 10.6 Å². The summed E-state index contributed by atoms with van der Waals surface area (Å²) in [6, 6.07) is -1.12. The zero-order chi connectivity index (χ0) is 12.0. The van der Waals surface area contributed by atoms with Crippen molar-refractivity contribution in [2.24, 2.45) is 5.73 Å². The van der Waals surface area contributed by atoms with Crippen LogP contribution in [0.5, 0.6) is 0 Å². The van der Waals surface area contributed by atoms with Gasteiger partial charge in [-0.2, -0.15) is 0 Å². The summed E-state index contributed by atoms with van der Waals surface area (Å²) in [5, 5.41) is 3.59. The van der Waals surface area contributed by atoms with Crippen molar-refractivity contribution in [3.05, 3.63) is 0 Å². The van der Waals surface area contributed by atoms with Gasteiger partial charge in [0.2, 0.25) is 11.8 Å². The molecule has 0 aliphatic carbocycles. The molecule has 2 atom stereocenters. The molecule has 0 aliphatic heterocycles. The number of rotatable bonds is 4. The van der Waals surface area contributed by atoms with Crippen molar-refractivity contribution in [1.29, 1.82) is 0 Å². The molecule has 2 unspecified atom stereocenters. The van der Waals surface area contributed by atoms with Gasteiger partial charge in [-0.1, -0.05) is 0 Å². The molecule has 86 valence electrons. The molecule has 6 nitrogen and oxygen atoms in total. The standard InChI is InChI=1S/C8H14ClN3O3/c1-4(3-6(10)13)11-8(15)12-7(14)5(2)9/h4-5H,3H2,1-2H3,(H2,10,13)(H2,11,12,14,15). The highest BCUT2D eigenvalue weighted by molar-refractivity contribution is 6.31. The van der Waals surface area contributed by atoms with Gasteiger partial charge in [0.05, 0.1) is 0 Å². The molecule has 4 N–H and O–H groups in total. The molecule has 0 bridgehead atoms. The zero-order valence-corrected chi connectivity index (χ0v) is 9.30. The normalized spacial score (nSPS) is 13.8. The van der Waals surface area contributed by atoms with E-state index in [2.05, 4.69) is 5.32 Å². The maximum Gasteiger partial charge on any atom is 0.321 e. The number of nitrogens with two attached hydrogens (primary N) is 1. The Balaban J connectivity index is 3.93. The van der Waals surface area contributed by atoms with Crippen LogP contribution in [0.3, 0.4) is 0 Å². The highest BCUT2D eigenvalue weighted by Crippen LogP contribution is 1.93. The van der Waals surface area contributed by atoms with Gasteiger partial charge in [-0.25, -0.2) is 4.79 Å². The molecular weight excluding hydrogens is 222 g/mol. The van der Waals surface area contributed by atoms with Crippen LogP contribution in [0.1, 0.15) is 20.3 Å². The molecule has 0 spiro atoms. The second-order valence-electron chi connectivity index (χ2n) is 3.15. The number of nitrogens with one attached hydrogen (secondary N) is 2. The molecule has 0 aromatic heterocycles. The number of urea groups is 1. The van der Waals surface area contributed by atoms with Crippen molar-refractivity contribution in [3.8, 4) is 0 Å². The summed E-state index contributed by atoms with van der Waals surface area (Å²) in [6.45, 7) is 3.04. The Morgan fingerprint density at radius 2 is 1.87 bits per heavy atom. The second kappa shape index (κ2) is 6.23. The van der Waals surface area contributed by atoms with Crippen LogP contribution in [0.2, 0.25) is 0 Å². The predicted octanol–water partition coefficient (Wildman–Crippen LogP) is -0.297. The number of carbonyl (C=O) groups is 3. The third-order valence-electron chi connectivity index (χ3n) is 1.48. The van der Waals surface area contributed by atoms with Crippen LogP contribution in [-0.2, 0) is 9.59 Å². The number of carbonyl (C=O) groups excluding carboxylic acids is 3. The maximum atomic E-state index is 11.1. The number of hydrogen-bond donors (Lipinski definition) is 3. The number of imide groups is 1. The van der Waals surface area contributed by atoms with Gasteiger partial charge < -0.3 is 11.1 Å². The van der Waals surface area contributed by atoms with Crippen LogP contribution in [0.4, 0.5) is 4.79 Å². The molecule has 0 heterocycles. The maximum absolute atomic E-state index is 11.1. The Kier molecular flexibility index (Phi) is 5.69. The van der Waals surface area contributed by atoms with Gasteiger partial charge in [0.25, 0.3) is 0 Å². The molecule has 0 saturated carbocycles. The molecule has 15 heavy (non-hydrogen) atoms. The van der Waals surface area contributed by atoms with E-state index >= 15 is 0 Å². The fraction of sp³-hybridized carbons (Fsp3) is 0.625. The van der Waals surface area contributed by atoms with E-state index in [0.717, 1.165) is 0 Å². The second-order valence-corrected chi connectivity index (χ2v) is 3.80. The number of alkyl halides is 1. The first-order valence-electron chi connectivity index (χ1n) is 4.36. The minimum absolute atomic E-state index is 0.0119. The molecule has 0 aromatic carbocycles. The van der Waals surface area contributed by atoms with Gasteiger partial charge in [-0.3, -0.25) is 14.9 Å². The molecule has 0 fully saturated rings. The van der Waals surface area contributed by atoms with Gasteiger partial charge in [0, 0.05) is 12.5 Å². The zero-order valence-electron chi connectivity index (χ0n) is 8.54. The van der Waals surface area contributed by atoms with Gasteiger partial charge in [-0.15, -0.1) is 11.6 Å². The topological polar surface area (TPSA) is 101 Å². The lowest BCUT2D eigenvalue weighted by atomic mass is 10.2. The predicted molar refractivity (Wildman–Crippen MR) is 55.3 cm³/mol. The van der Waals surface area contributed by atoms with E-state index in [1.165, 1.54) is 6.92 Å². The van der Waals surface area contributed by atoms with Crippen LogP contribution in [0.25, 0.3) is 0 Å². The molecule has 0 radical (unpaired) electrons. The number of hydrogen-bond acceptors (Lipinski definition) is 3. The van der Waals surface area contributed by atoms with Crippen LogP contribution < -0.4 is 16.4 Å². The average Bonchev–Trinajstić information content (AvgIpc) is 2.00. The van der Waals surface area contributed by atoms with E-state index in [9.17, 15) is 14.4 Å². The summed E-state index contributed by atoms with van der Waals surface area (Å²) >= 11 is 5.43. The van der Waals surface area contributed by atoms with Crippen molar-refractivity contribution >= 4 is 29.4 Å². The summed E-state index contributed by atoms with van der Waals surface area (Å²) in [7, 11) is 0. The third kappa shape index (κ3) is 6.73. The van der Waals surface area contributed by atoms with Crippen molar-refractivity contribution in [3.63, 3.8) is 0 Å². The van der Waals surface area contributed by atoms with Crippen molar-refractivity contribution < 1.29 is 14.4 Å². The van der Waals surface area contributed by atoms with E-state index in [4.69, 9.17) is 17.3 Å². The fourth-order valence-electron chi connectivity index (χ4n) is 0.824. The Morgan fingerprint density at radius 3 is 2.27 bits per heavy atom. The van der Waals surface area contributed by atoms with Gasteiger partial charge in [-0.05, 0) is 13.8 Å². The molecular formula is C8H14ClN3O3. The lowest BCUT2D eigenvalue weighted by molar-refractivity contribution is -0.119. The highest BCUT2D eigenvalue weighted by atomic mass is 35.5. The molecule has 0 aliphatic rings. The first-order chi connectivity index (χ1) is 6.82. The summed E-state index contributed by atoms with van der Waals surface area (Å²) in [4.78, 5) is 32.5. The molecule has 0 saturated heterocycles. The first-order valence-corrected chi connectivity index (χ1v) is 4.80. The number of amides is 4. The Labute approximate surface area is 92.5 Å². The van der Waals surface area contributed by atoms with Crippen LogP contribution in [0, 0.1) is 0 Å². The minimum Gasteiger partial charge on any atom is -0.370 e. The number of halogens is 1. The van der Waals surface area contributed by atoms with Crippen LogP contribution in [-0.4, -0.2) is 29.3 Å². The average molecular weight is 236 g/mol. The highest BCUT2D eigenvalue weighted by Gasteiger charge is 2.15. The Bertz CT molecular complexity index is 268. The van der Waals surface area contributed by atoms with Crippen LogP contribution >= 0.6 is 11.6 Å². The molecule has 7 heteroatoms. The SMILES string of the molecule is CC(CC(N)=O)NC(=O)NC(=O)C(C)Cl.